The van der Waals surface area contributed by atoms with Gasteiger partial charge in [0.05, 0.1) is 11.5 Å². The summed E-state index contributed by atoms with van der Waals surface area (Å²) in [5.41, 5.74) is 1.68. The van der Waals surface area contributed by atoms with Crippen molar-refractivity contribution in [1.29, 1.82) is 0 Å². The van der Waals surface area contributed by atoms with E-state index in [2.05, 4.69) is 25.9 Å². The van der Waals surface area contributed by atoms with Gasteiger partial charge in [-0.1, -0.05) is 35.9 Å². The monoisotopic (exact) mass is 423 g/mol. The fourth-order valence-electron chi connectivity index (χ4n) is 3.21. The van der Waals surface area contributed by atoms with Crippen molar-refractivity contribution in [2.75, 3.05) is 16.0 Å². The van der Waals surface area contributed by atoms with E-state index in [1.165, 1.54) is 0 Å². The third kappa shape index (κ3) is 4.04. The van der Waals surface area contributed by atoms with Crippen LogP contribution in [0.3, 0.4) is 0 Å². The minimum absolute atomic E-state index is 0.0653. The number of aromatic amines is 1. The van der Waals surface area contributed by atoms with Crippen molar-refractivity contribution in [1.82, 2.24) is 9.97 Å². The van der Waals surface area contributed by atoms with Crippen molar-refractivity contribution in [2.24, 2.45) is 0 Å². The molecule has 9 heteroatoms. The van der Waals surface area contributed by atoms with Gasteiger partial charge in [0.25, 0.3) is 5.56 Å². The number of anilines is 4. The fourth-order valence-corrected chi connectivity index (χ4v) is 3.39. The van der Waals surface area contributed by atoms with E-state index in [1.807, 2.05) is 25.1 Å². The van der Waals surface area contributed by atoms with E-state index in [4.69, 9.17) is 11.6 Å². The Morgan fingerprint density at radius 2 is 1.90 bits per heavy atom. The van der Waals surface area contributed by atoms with Crippen molar-refractivity contribution < 1.29 is 9.59 Å². The Morgan fingerprint density at radius 1 is 1.13 bits per heavy atom. The molecule has 0 fully saturated rings. The van der Waals surface area contributed by atoms with Gasteiger partial charge in [-0.3, -0.25) is 19.4 Å². The summed E-state index contributed by atoms with van der Waals surface area (Å²) >= 11 is 6.11. The van der Waals surface area contributed by atoms with Gasteiger partial charge in [0, 0.05) is 22.8 Å². The molecule has 4 rings (SSSR count). The van der Waals surface area contributed by atoms with Crippen LogP contribution >= 0.6 is 11.6 Å². The summed E-state index contributed by atoms with van der Waals surface area (Å²) in [6.07, 6.45) is -0.158. The Kier molecular flexibility index (Phi) is 5.24. The van der Waals surface area contributed by atoms with Crippen LogP contribution in [-0.2, 0) is 9.59 Å². The Bertz CT molecular complexity index is 1190. The number of para-hydroxylation sites is 1. The summed E-state index contributed by atoms with van der Waals surface area (Å²) in [6.45, 7) is 1.85. The number of halogens is 1. The third-order valence-corrected chi connectivity index (χ3v) is 5.15. The Hall–Kier alpha value is -3.65. The molecule has 2 amide bonds. The van der Waals surface area contributed by atoms with Crippen LogP contribution in [0.1, 0.15) is 23.5 Å². The molecule has 3 aromatic rings. The van der Waals surface area contributed by atoms with Crippen LogP contribution in [0.15, 0.2) is 53.3 Å². The average molecular weight is 424 g/mol. The first-order chi connectivity index (χ1) is 14.4. The first kappa shape index (κ1) is 19.7. The molecule has 1 aliphatic rings. The molecule has 2 heterocycles. The zero-order valence-corrected chi connectivity index (χ0v) is 16.7. The first-order valence-corrected chi connectivity index (χ1v) is 9.61. The number of H-pyrrole nitrogens is 1. The fraction of sp³-hybridized carbons (Fsp3) is 0.143. The molecule has 1 atom stereocenters. The van der Waals surface area contributed by atoms with Gasteiger partial charge in [-0.25, -0.2) is 0 Å². The zero-order chi connectivity index (χ0) is 21.3. The van der Waals surface area contributed by atoms with Crippen molar-refractivity contribution in [2.45, 2.75) is 19.3 Å². The number of nitrogens with zero attached hydrogens (tertiary/aromatic N) is 1. The molecule has 0 aliphatic carbocycles. The maximum atomic E-state index is 12.9. The molecule has 8 nitrogen and oxygen atoms in total. The molecule has 1 aromatic heterocycles. The number of fused-ring (bicyclic) bond motifs is 1. The molecule has 2 aromatic carbocycles. The lowest BCUT2D eigenvalue weighted by Gasteiger charge is -2.23. The number of amides is 2. The second-order valence-corrected chi connectivity index (χ2v) is 7.33. The van der Waals surface area contributed by atoms with E-state index in [0.717, 1.165) is 5.56 Å². The average Bonchev–Trinajstić information content (AvgIpc) is 2.70. The van der Waals surface area contributed by atoms with Crippen LogP contribution < -0.4 is 21.5 Å². The molecule has 4 N–H and O–H groups in total. The van der Waals surface area contributed by atoms with Crippen LogP contribution in [-0.4, -0.2) is 21.8 Å². The smallest absolute Gasteiger partial charge is 0.258 e. The molecular formula is C21H18ClN5O3. The van der Waals surface area contributed by atoms with Crippen molar-refractivity contribution in [3.63, 3.8) is 0 Å². The number of hydrogen-bond donors (Lipinski definition) is 4. The lowest BCUT2D eigenvalue weighted by Crippen LogP contribution is -2.36. The standard InChI is InChI=1S/C21H18ClN5O3/c1-11-7-8-13(9-15(11)22)23-19(29)14-10-16(28)25-18-17(14)20(30)27-21(26-18)24-12-5-3-2-4-6-12/h2-9,14H,10H2,1H3,(H,23,29)(H3,24,25,26,27,28,30). The topological polar surface area (TPSA) is 116 Å². The lowest BCUT2D eigenvalue weighted by molar-refractivity contribution is -0.123. The highest BCUT2D eigenvalue weighted by atomic mass is 35.5. The van der Waals surface area contributed by atoms with E-state index in [-0.39, 0.29) is 23.8 Å². The van der Waals surface area contributed by atoms with E-state index in [9.17, 15) is 14.4 Å². The number of aromatic nitrogens is 2. The van der Waals surface area contributed by atoms with Crippen LogP contribution in [0.5, 0.6) is 0 Å². The van der Waals surface area contributed by atoms with Gasteiger partial charge in [-0.15, -0.1) is 0 Å². The highest BCUT2D eigenvalue weighted by Gasteiger charge is 2.34. The summed E-state index contributed by atoms with van der Waals surface area (Å²) in [6, 6.07) is 14.2. The molecule has 1 unspecified atom stereocenters. The van der Waals surface area contributed by atoms with E-state index < -0.39 is 23.3 Å². The van der Waals surface area contributed by atoms with E-state index in [1.54, 1.807) is 30.3 Å². The van der Waals surface area contributed by atoms with Gasteiger partial charge >= 0.3 is 0 Å². The second kappa shape index (κ2) is 8.00. The summed E-state index contributed by atoms with van der Waals surface area (Å²) in [4.78, 5) is 44.7. The second-order valence-electron chi connectivity index (χ2n) is 6.93. The van der Waals surface area contributed by atoms with Gasteiger partial charge in [0.15, 0.2) is 0 Å². The molecular weight excluding hydrogens is 406 g/mol. The van der Waals surface area contributed by atoms with Gasteiger partial charge in [-0.05, 0) is 36.8 Å². The normalized spacial score (nSPS) is 15.1. The molecule has 0 spiro atoms. The number of aryl methyl sites for hydroxylation is 1. The van der Waals surface area contributed by atoms with Crippen molar-refractivity contribution in [3.8, 4) is 0 Å². The summed E-state index contributed by atoms with van der Waals surface area (Å²) < 4.78 is 0. The Morgan fingerprint density at radius 3 is 2.63 bits per heavy atom. The molecule has 0 radical (unpaired) electrons. The van der Waals surface area contributed by atoms with Crippen LogP contribution in [0.2, 0.25) is 5.02 Å². The van der Waals surface area contributed by atoms with Crippen LogP contribution in [0.4, 0.5) is 23.1 Å². The minimum atomic E-state index is -0.976. The first-order valence-electron chi connectivity index (χ1n) is 9.24. The number of benzene rings is 2. The molecule has 0 saturated carbocycles. The largest absolute Gasteiger partial charge is 0.326 e. The van der Waals surface area contributed by atoms with Gasteiger partial charge in [0.1, 0.15) is 5.82 Å². The summed E-state index contributed by atoms with van der Waals surface area (Å²) in [7, 11) is 0. The maximum Gasteiger partial charge on any atom is 0.258 e. The number of carbonyl (C=O) groups is 2. The molecule has 0 saturated heterocycles. The minimum Gasteiger partial charge on any atom is -0.326 e. The lowest BCUT2D eigenvalue weighted by atomic mass is 9.92. The van der Waals surface area contributed by atoms with Crippen LogP contribution in [0, 0.1) is 6.92 Å². The Labute approximate surface area is 176 Å². The SMILES string of the molecule is Cc1ccc(NC(=O)C2CC(=O)Nc3nc(Nc4ccccc4)[nH]c(=O)c32)cc1Cl. The highest BCUT2D eigenvalue weighted by Crippen LogP contribution is 2.30. The van der Waals surface area contributed by atoms with E-state index in [0.29, 0.717) is 16.4 Å². The molecule has 30 heavy (non-hydrogen) atoms. The van der Waals surface area contributed by atoms with Crippen LogP contribution in [0.25, 0.3) is 0 Å². The van der Waals surface area contributed by atoms with Gasteiger partial charge in [-0.2, -0.15) is 4.98 Å². The number of rotatable bonds is 4. The number of hydrogen-bond acceptors (Lipinski definition) is 5. The van der Waals surface area contributed by atoms with Crippen molar-refractivity contribution in [3.05, 3.63) is 75.0 Å². The maximum absolute atomic E-state index is 12.9. The quantitative estimate of drug-likeness (QED) is 0.512. The Balaban J connectivity index is 1.64. The zero-order valence-electron chi connectivity index (χ0n) is 16.0. The predicted molar refractivity (Wildman–Crippen MR) is 115 cm³/mol. The molecule has 1 aliphatic heterocycles. The molecule has 152 valence electrons. The number of nitrogens with one attached hydrogen (secondary N) is 4. The predicted octanol–water partition coefficient (Wildman–Crippen LogP) is 3.54. The van der Waals surface area contributed by atoms with Gasteiger partial charge in [0.2, 0.25) is 17.8 Å². The highest BCUT2D eigenvalue weighted by molar-refractivity contribution is 6.31. The van der Waals surface area contributed by atoms with Gasteiger partial charge < -0.3 is 16.0 Å². The van der Waals surface area contributed by atoms with E-state index >= 15 is 0 Å². The van der Waals surface area contributed by atoms with Crippen molar-refractivity contribution >= 4 is 46.6 Å². The third-order valence-electron chi connectivity index (χ3n) is 4.74. The number of carbonyl (C=O) groups excluding carboxylic acids is 2. The molecule has 0 bridgehead atoms. The summed E-state index contributed by atoms with van der Waals surface area (Å²) in [5, 5.41) is 8.78. The summed E-state index contributed by atoms with van der Waals surface area (Å²) in [5.74, 6) is -1.63.